The molecular formula is C23H24N2O2. The number of nitrogens with zero attached hydrogens (tertiary/aromatic N) is 1. The Balaban J connectivity index is 1.63. The van der Waals surface area contributed by atoms with Crippen LogP contribution in [-0.2, 0) is 6.42 Å². The van der Waals surface area contributed by atoms with Crippen molar-refractivity contribution in [1.29, 1.82) is 0 Å². The summed E-state index contributed by atoms with van der Waals surface area (Å²) in [4.78, 5) is 25.8. The van der Waals surface area contributed by atoms with Crippen molar-refractivity contribution in [3.8, 4) is 12.3 Å². The second-order valence-corrected chi connectivity index (χ2v) is 7.51. The van der Waals surface area contributed by atoms with E-state index >= 15 is 0 Å². The number of aromatic nitrogens is 1. The van der Waals surface area contributed by atoms with Crippen LogP contribution in [0.15, 0.2) is 41.3 Å². The molecule has 2 aliphatic rings. The number of rotatable bonds is 3. The average Bonchev–Trinajstić information content (AvgIpc) is 3.13. The average molecular weight is 360 g/mol. The molecule has 1 heterocycles. The van der Waals surface area contributed by atoms with Gasteiger partial charge in [0.25, 0.3) is 11.5 Å². The van der Waals surface area contributed by atoms with Gasteiger partial charge < -0.3 is 9.88 Å². The lowest BCUT2D eigenvalue weighted by molar-refractivity contribution is 0.0925. The maximum Gasteiger partial charge on any atom is 0.263 e. The van der Waals surface area contributed by atoms with Crippen molar-refractivity contribution in [3.63, 3.8) is 0 Å². The fourth-order valence-corrected chi connectivity index (χ4v) is 4.49. The Kier molecular flexibility index (Phi) is 4.85. The van der Waals surface area contributed by atoms with Crippen LogP contribution in [0.1, 0.15) is 71.6 Å². The van der Waals surface area contributed by atoms with Gasteiger partial charge in [-0.1, -0.05) is 37.3 Å². The normalized spacial score (nSPS) is 19.3. The van der Waals surface area contributed by atoms with E-state index in [1.54, 1.807) is 22.9 Å². The van der Waals surface area contributed by atoms with E-state index in [0.29, 0.717) is 0 Å². The number of hydrogen-bond acceptors (Lipinski definition) is 2. The third-order valence-corrected chi connectivity index (χ3v) is 5.89. The maximum atomic E-state index is 13.1. The van der Waals surface area contributed by atoms with Gasteiger partial charge in [0.15, 0.2) is 0 Å². The van der Waals surface area contributed by atoms with E-state index in [2.05, 4.69) is 11.2 Å². The lowest BCUT2D eigenvalue weighted by atomic mass is 9.95. The molecule has 4 rings (SSSR count). The van der Waals surface area contributed by atoms with Gasteiger partial charge in [-0.3, -0.25) is 9.59 Å². The molecule has 1 atom stereocenters. The largest absolute Gasteiger partial charge is 0.349 e. The first kappa shape index (κ1) is 17.6. The highest BCUT2D eigenvalue weighted by Crippen LogP contribution is 2.35. The summed E-state index contributed by atoms with van der Waals surface area (Å²) in [5, 5.41) is 3.05. The lowest BCUT2D eigenvalue weighted by Gasteiger charge is -2.23. The van der Waals surface area contributed by atoms with Crippen LogP contribution in [0.4, 0.5) is 0 Å². The molecule has 0 spiro atoms. The first-order valence-electron chi connectivity index (χ1n) is 9.79. The molecule has 4 heteroatoms. The SMILES string of the molecule is C#Cc1cccc2c1CCC2n1cccc(C(=O)NC2CCCCC2)c1=O. The van der Waals surface area contributed by atoms with Crippen LogP contribution in [0.3, 0.4) is 0 Å². The van der Waals surface area contributed by atoms with Crippen LogP contribution in [-0.4, -0.2) is 16.5 Å². The van der Waals surface area contributed by atoms with E-state index < -0.39 is 0 Å². The third kappa shape index (κ3) is 3.30. The van der Waals surface area contributed by atoms with E-state index in [0.717, 1.165) is 55.2 Å². The first-order chi connectivity index (χ1) is 13.2. The number of hydrogen-bond donors (Lipinski definition) is 1. The van der Waals surface area contributed by atoms with Crippen molar-refractivity contribution >= 4 is 5.91 Å². The summed E-state index contributed by atoms with van der Waals surface area (Å²) in [6.45, 7) is 0. The quantitative estimate of drug-likeness (QED) is 0.853. The Hall–Kier alpha value is -2.80. The van der Waals surface area contributed by atoms with E-state index in [1.807, 2.05) is 18.2 Å². The zero-order chi connectivity index (χ0) is 18.8. The highest BCUT2D eigenvalue weighted by atomic mass is 16.2. The zero-order valence-electron chi connectivity index (χ0n) is 15.4. The number of amides is 1. The number of fused-ring (bicyclic) bond motifs is 1. The highest BCUT2D eigenvalue weighted by Gasteiger charge is 2.27. The summed E-state index contributed by atoms with van der Waals surface area (Å²) in [5.41, 5.74) is 3.14. The fraction of sp³-hybridized carbons (Fsp3) is 0.391. The number of terminal acetylenes is 1. The van der Waals surface area contributed by atoms with Gasteiger partial charge in [-0.25, -0.2) is 0 Å². The van der Waals surface area contributed by atoms with E-state index in [-0.39, 0.29) is 29.1 Å². The topological polar surface area (TPSA) is 51.1 Å². The lowest BCUT2D eigenvalue weighted by Crippen LogP contribution is -2.40. The Morgan fingerprint density at radius 1 is 1.11 bits per heavy atom. The molecule has 1 fully saturated rings. The van der Waals surface area contributed by atoms with Gasteiger partial charge >= 0.3 is 0 Å². The smallest absolute Gasteiger partial charge is 0.263 e. The summed E-state index contributed by atoms with van der Waals surface area (Å²) in [6, 6.07) is 9.46. The standard InChI is InChI=1S/C23H24N2O2/c1-2-16-8-6-11-19-18(16)13-14-21(19)25-15-7-12-20(23(25)27)22(26)24-17-9-4-3-5-10-17/h1,6-8,11-12,15,17,21H,3-5,9-10,13-14H2,(H,24,26). The van der Waals surface area contributed by atoms with Gasteiger partial charge in [-0.15, -0.1) is 6.42 Å². The van der Waals surface area contributed by atoms with E-state index in [9.17, 15) is 9.59 Å². The van der Waals surface area contributed by atoms with Crippen molar-refractivity contribution < 1.29 is 4.79 Å². The maximum absolute atomic E-state index is 13.1. The minimum absolute atomic E-state index is 0.0665. The van der Waals surface area contributed by atoms with Crippen LogP contribution < -0.4 is 10.9 Å². The number of carbonyl (C=O) groups excluding carboxylic acids is 1. The summed E-state index contributed by atoms with van der Waals surface area (Å²) in [6.07, 6.45) is 14.6. The van der Waals surface area contributed by atoms with Crippen molar-refractivity contribution in [2.45, 2.75) is 57.0 Å². The highest BCUT2D eigenvalue weighted by molar-refractivity contribution is 5.94. The van der Waals surface area contributed by atoms with Crippen LogP contribution in [0.5, 0.6) is 0 Å². The summed E-state index contributed by atoms with van der Waals surface area (Å²) >= 11 is 0. The van der Waals surface area contributed by atoms with Crippen LogP contribution in [0, 0.1) is 12.3 Å². The Morgan fingerprint density at radius 3 is 2.70 bits per heavy atom. The third-order valence-electron chi connectivity index (χ3n) is 5.89. The number of benzene rings is 1. The van der Waals surface area contributed by atoms with Crippen molar-refractivity contribution in [3.05, 3.63) is 69.1 Å². The molecule has 2 aromatic rings. The van der Waals surface area contributed by atoms with Crippen LogP contribution in [0.25, 0.3) is 0 Å². The van der Waals surface area contributed by atoms with Crippen molar-refractivity contribution in [2.24, 2.45) is 0 Å². The molecule has 138 valence electrons. The molecule has 27 heavy (non-hydrogen) atoms. The molecule has 1 aromatic carbocycles. The van der Waals surface area contributed by atoms with Gasteiger partial charge in [0.1, 0.15) is 5.56 Å². The van der Waals surface area contributed by atoms with Crippen molar-refractivity contribution in [1.82, 2.24) is 9.88 Å². The molecule has 1 N–H and O–H groups in total. The summed E-state index contributed by atoms with van der Waals surface area (Å²) < 4.78 is 1.70. The van der Waals surface area contributed by atoms with E-state index in [4.69, 9.17) is 6.42 Å². The Labute approximate surface area is 159 Å². The number of carbonyl (C=O) groups is 1. The van der Waals surface area contributed by atoms with Crippen LogP contribution >= 0.6 is 0 Å². The minimum atomic E-state index is -0.253. The summed E-state index contributed by atoms with van der Waals surface area (Å²) in [5.74, 6) is 2.48. The number of nitrogens with one attached hydrogen (secondary N) is 1. The van der Waals surface area contributed by atoms with Crippen LogP contribution in [0.2, 0.25) is 0 Å². The van der Waals surface area contributed by atoms with Gasteiger partial charge in [0.05, 0.1) is 6.04 Å². The van der Waals surface area contributed by atoms with Gasteiger partial charge in [-0.2, -0.15) is 0 Å². The molecule has 0 aliphatic heterocycles. The van der Waals surface area contributed by atoms with E-state index in [1.165, 1.54) is 6.42 Å². The van der Waals surface area contributed by atoms with Crippen molar-refractivity contribution in [2.75, 3.05) is 0 Å². The predicted molar refractivity (Wildman–Crippen MR) is 106 cm³/mol. The molecule has 1 amide bonds. The number of pyridine rings is 1. The summed E-state index contributed by atoms with van der Waals surface area (Å²) in [7, 11) is 0. The minimum Gasteiger partial charge on any atom is -0.349 e. The molecule has 1 saturated carbocycles. The monoisotopic (exact) mass is 360 g/mol. The molecular weight excluding hydrogens is 336 g/mol. The fourth-order valence-electron chi connectivity index (χ4n) is 4.49. The Morgan fingerprint density at radius 2 is 1.93 bits per heavy atom. The molecule has 2 aliphatic carbocycles. The molecule has 1 unspecified atom stereocenters. The molecule has 0 radical (unpaired) electrons. The van der Waals surface area contributed by atoms with Gasteiger partial charge in [-0.05, 0) is 55.0 Å². The molecule has 0 bridgehead atoms. The molecule has 1 aromatic heterocycles. The first-order valence-corrected chi connectivity index (χ1v) is 9.79. The molecule has 0 saturated heterocycles. The Bertz CT molecular complexity index is 961. The second-order valence-electron chi connectivity index (χ2n) is 7.51. The van der Waals surface area contributed by atoms with Gasteiger partial charge in [0.2, 0.25) is 0 Å². The van der Waals surface area contributed by atoms with Gasteiger partial charge in [0, 0.05) is 17.8 Å². The predicted octanol–water partition coefficient (Wildman–Crippen LogP) is 3.43. The molecule has 4 nitrogen and oxygen atoms in total. The zero-order valence-corrected chi connectivity index (χ0v) is 15.4. The second kappa shape index (κ2) is 7.44.